The lowest BCUT2D eigenvalue weighted by Crippen LogP contribution is -2.44. The smallest absolute Gasteiger partial charge is 0.237 e. The second-order valence-corrected chi connectivity index (χ2v) is 5.83. The van der Waals surface area contributed by atoms with Crippen LogP contribution in [0, 0.1) is 0 Å². The van der Waals surface area contributed by atoms with Crippen molar-refractivity contribution in [2.75, 3.05) is 22.9 Å². The number of anilines is 2. The number of fused-ring (bicyclic) bond motifs is 1. The molecule has 3 N–H and O–H groups in total. The van der Waals surface area contributed by atoms with Gasteiger partial charge in [0, 0.05) is 10.6 Å². The van der Waals surface area contributed by atoms with Gasteiger partial charge in [-0.25, -0.2) is 0 Å². The van der Waals surface area contributed by atoms with Crippen molar-refractivity contribution in [2.45, 2.75) is 24.3 Å². The van der Waals surface area contributed by atoms with Crippen molar-refractivity contribution in [3.63, 3.8) is 0 Å². The average Bonchev–Trinajstić information content (AvgIpc) is 2.21. The van der Waals surface area contributed by atoms with Gasteiger partial charge in [0.1, 0.15) is 0 Å². The molecule has 1 aliphatic rings. The lowest BCUT2D eigenvalue weighted by molar-refractivity contribution is -0.117. The molecule has 0 unspecified atom stereocenters. The number of amides is 1. The van der Waals surface area contributed by atoms with Crippen LogP contribution in [-0.4, -0.2) is 28.9 Å². The first-order valence-corrected chi connectivity index (χ1v) is 6.40. The molecule has 0 bridgehead atoms. The molecule has 92 valence electrons. The van der Waals surface area contributed by atoms with Crippen LogP contribution in [0.2, 0.25) is 0 Å². The lowest BCUT2D eigenvalue weighted by Gasteiger charge is -2.33. The van der Waals surface area contributed by atoms with E-state index in [2.05, 4.69) is 0 Å². The van der Waals surface area contributed by atoms with Crippen LogP contribution in [0.3, 0.4) is 0 Å². The van der Waals surface area contributed by atoms with Gasteiger partial charge in [-0.15, -0.1) is 11.8 Å². The summed E-state index contributed by atoms with van der Waals surface area (Å²) in [6.45, 7) is 3.66. The number of rotatable bonds is 2. The molecule has 1 aliphatic heterocycles. The normalized spacial score (nSPS) is 15.9. The topological polar surface area (TPSA) is 66.6 Å². The predicted octanol–water partition coefficient (Wildman–Crippen LogP) is 1.48. The second-order valence-electron chi connectivity index (χ2n) is 4.81. The number of nitrogens with zero attached hydrogens (tertiary/aromatic N) is 1. The van der Waals surface area contributed by atoms with Gasteiger partial charge in [-0.1, -0.05) is 0 Å². The van der Waals surface area contributed by atoms with Crippen LogP contribution < -0.4 is 10.6 Å². The van der Waals surface area contributed by atoms with Gasteiger partial charge in [-0.05, 0) is 32.0 Å². The van der Waals surface area contributed by atoms with Gasteiger partial charge in [0.15, 0.2) is 0 Å². The third kappa shape index (κ3) is 2.73. The van der Waals surface area contributed by atoms with Crippen LogP contribution in [0.4, 0.5) is 11.4 Å². The van der Waals surface area contributed by atoms with Crippen LogP contribution in [0.15, 0.2) is 23.1 Å². The highest BCUT2D eigenvalue weighted by atomic mass is 32.2. The van der Waals surface area contributed by atoms with E-state index in [0.29, 0.717) is 11.4 Å². The summed E-state index contributed by atoms with van der Waals surface area (Å²) in [6.07, 6.45) is 0. The zero-order chi connectivity index (χ0) is 12.6. The Labute approximate surface area is 105 Å². The van der Waals surface area contributed by atoms with E-state index in [9.17, 15) is 9.90 Å². The molecule has 0 aromatic heterocycles. The molecule has 0 saturated heterocycles. The van der Waals surface area contributed by atoms with Gasteiger partial charge >= 0.3 is 0 Å². The van der Waals surface area contributed by atoms with E-state index in [4.69, 9.17) is 5.73 Å². The Hall–Kier alpha value is -1.20. The summed E-state index contributed by atoms with van der Waals surface area (Å²) in [5, 5.41) is 9.85. The van der Waals surface area contributed by atoms with E-state index in [1.165, 1.54) is 11.8 Å². The quantitative estimate of drug-likeness (QED) is 0.782. The fourth-order valence-electron chi connectivity index (χ4n) is 1.78. The van der Waals surface area contributed by atoms with E-state index in [-0.39, 0.29) is 12.5 Å². The number of carbonyl (C=O) groups excluding carboxylic acids is 1. The molecule has 5 heteroatoms. The van der Waals surface area contributed by atoms with Gasteiger partial charge in [-0.2, -0.15) is 0 Å². The number of aliphatic hydroxyl groups is 1. The first-order chi connectivity index (χ1) is 7.87. The molecule has 1 aromatic carbocycles. The van der Waals surface area contributed by atoms with Crippen molar-refractivity contribution < 1.29 is 9.90 Å². The number of nitrogen functional groups attached to an aromatic ring is 1. The first-order valence-electron chi connectivity index (χ1n) is 5.42. The number of β-amino-alcohol motifs (C(OH)–C–C–N with tert-alkyl or cyclic N) is 1. The molecule has 0 fully saturated rings. The molecule has 0 atom stereocenters. The van der Waals surface area contributed by atoms with Gasteiger partial charge in [-0.3, -0.25) is 4.79 Å². The molecule has 17 heavy (non-hydrogen) atoms. The van der Waals surface area contributed by atoms with Crippen molar-refractivity contribution in [3.05, 3.63) is 18.2 Å². The van der Waals surface area contributed by atoms with Gasteiger partial charge < -0.3 is 15.7 Å². The number of hydrogen-bond acceptors (Lipinski definition) is 4. The highest BCUT2D eigenvalue weighted by Crippen LogP contribution is 2.37. The fraction of sp³-hybridized carbons (Fsp3) is 0.417. The predicted molar refractivity (Wildman–Crippen MR) is 70.2 cm³/mol. The summed E-state index contributed by atoms with van der Waals surface area (Å²) < 4.78 is 0. The second kappa shape index (κ2) is 4.23. The minimum absolute atomic E-state index is 0.00947. The Kier molecular flexibility index (Phi) is 3.05. The third-order valence-electron chi connectivity index (χ3n) is 2.47. The zero-order valence-corrected chi connectivity index (χ0v) is 10.8. The average molecular weight is 252 g/mol. The van der Waals surface area contributed by atoms with Crippen LogP contribution >= 0.6 is 11.8 Å². The minimum Gasteiger partial charge on any atom is -0.399 e. The van der Waals surface area contributed by atoms with Crippen molar-refractivity contribution in [3.8, 4) is 0 Å². The van der Waals surface area contributed by atoms with E-state index in [1.54, 1.807) is 24.8 Å². The summed E-state index contributed by atoms with van der Waals surface area (Å²) in [7, 11) is 0. The molecule has 1 amide bonds. The summed E-state index contributed by atoms with van der Waals surface area (Å²) in [5.41, 5.74) is 6.25. The fourth-order valence-corrected chi connectivity index (χ4v) is 2.70. The summed E-state index contributed by atoms with van der Waals surface area (Å²) in [5.74, 6) is 0.419. The van der Waals surface area contributed by atoms with Crippen LogP contribution in [-0.2, 0) is 4.79 Å². The molecular formula is C12H16N2O2S. The molecule has 4 nitrogen and oxygen atoms in total. The monoisotopic (exact) mass is 252 g/mol. The molecule has 0 spiro atoms. The molecule has 1 aromatic rings. The number of nitrogens with two attached hydrogens (primary N) is 1. The van der Waals surface area contributed by atoms with Crippen molar-refractivity contribution in [1.82, 2.24) is 0 Å². The Morgan fingerprint density at radius 3 is 2.88 bits per heavy atom. The number of benzene rings is 1. The van der Waals surface area contributed by atoms with Gasteiger partial charge in [0.05, 0.1) is 23.6 Å². The third-order valence-corrected chi connectivity index (χ3v) is 3.52. The van der Waals surface area contributed by atoms with Gasteiger partial charge in [0.2, 0.25) is 5.91 Å². The standard InChI is InChI=1S/C12H16N2O2S/c1-12(2,16)7-14-9-5-8(13)3-4-10(9)17-6-11(14)15/h3-5,16H,6-7,13H2,1-2H3. The Balaban J connectivity index is 2.39. The van der Waals surface area contributed by atoms with Crippen molar-refractivity contribution in [1.29, 1.82) is 0 Å². The van der Waals surface area contributed by atoms with E-state index in [1.807, 2.05) is 12.1 Å². The number of hydrogen-bond donors (Lipinski definition) is 2. The van der Waals surface area contributed by atoms with Crippen LogP contribution in [0.1, 0.15) is 13.8 Å². The molecule has 0 radical (unpaired) electrons. The Morgan fingerprint density at radius 1 is 1.53 bits per heavy atom. The summed E-state index contributed by atoms with van der Waals surface area (Å²) >= 11 is 1.51. The van der Waals surface area contributed by atoms with Crippen LogP contribution in [0.5, 0.6) is 0 Å². The maximum absolute atomic E-state index is 11.9. The lowest BCUT2D eigenvalue weighted by atomic mass is 10.1. The molecule has 2 rings (SSSR count). The van der Waals surface area contributed by atoms with E-state index in [0.717, 1.165) is 10.6 Å². The minimum atomic E-state index is -0.917. The highest BCUT2D eigenvalue weighted by molar-refractivity contribution is 8.00. The first kappa shape index (κ1) is 12.3. The maximum Gasteiger partial charge on any atom is 0.237 e. The Bertz CT molecular complexity index is 454. The van der Waals surface area contributed by atoms with Crippen molar-refractivity contribution >= 4 is 29.0 Å². The SMILES string of the molecule is CC(C)(O)CN1C(=O)CSc2ccc(N)cc21. The number of thioether (sulfide) groups is 1. The molecule has 1 heterocycles. The van der Waals surface area contributed by atoms with Crippen molar-refractivity contribution in [2.24, 2.45) is 0 Å². The van der Waals surface area contributed by atoms with E-state index < -0.39 is 5.60 Å². The summed E-state index contributed by atoms with van der Waals surface area (Å²) in [6, 6.07) is 5.52. The summed E-state index contributed by atoms with van der Waals surface area (Å²) in [4.78, 5) is 14.5. The largest absolute Gasteiger partial charge is 0.399 e. The Morgan fingerprint density at radius 2 is 2.24 bits per heavy atom. The molecule has 0 saturated carbocycles. The highest BCUT2D eigenvalue weighted by Gasteiger charge is 2.29. The van der Waals surface area contributed by atoms with E-state index >= 15 is 0 Å². The van der Waals surface area contributed by atoms with Gasteiger partial charge in [0.25, 0.3) is 0 Å². The molecular weight excluding hydrogens is 236 g/mol. The zero-order valence-electron chi connectivity index (χ0n) is 9.93. The van der Waals surface area contributed by atoms with Crippen LogP contribution in [0.25, 0.3) is 0 Å². The molecule has 0 aliphatic carbocycles. The number of carbonyl (C=O) groups is 1. The maximum atomic E-state index is 11.9.